The standard InChI is InChI=1S/C17H23NO6/c1-11(16(20)23-3)10-13(17(21)24-4)18-15(19)14(22-2)12-8-6-5-7-9-12/h5-9,11,13-14H,10H2,1-4H3,(H,18,19)/t11-,13-,14+/m0/s1. The largest absolute Gasteiger partial charge is 0.469 e. The number of hydrogen-bond donors (Lipinski definition) is 1. The summed E-state index contributed by atoms with van der Waals surface area (Å²) >= 11 is 0. The molecule has 0 aliphatic carbocycles. The van der Waals surface area contributed by atoms with Crippen LogP contribution in [0.25, 0.3) is 0 Å². The van der Waals surface area contributed by atoms with Crippen LogP contribution in [0.2, 0.25) is 0 Å². The first kappa shape index (κ1) is 19.6. The van der Waals surface area contributed by atoms with Crippen molar-refractivity contribution in [2.75, 3.05) is 21.3 Å². The second-order valence-electron chi connectivity index (χ2n) is 5.27. The molecule has 0 saturated heterocycles. The monoisotopic (exact) mass is 337 g/mol. The van der Waals surface area contributed by atoms with Gasteiger partial charge in [0.15, 0.2) is 6.10 Å². The van der Waals surface area contributed by atoms with E-state index >= 15 is 0 Å². The molecule has 1 aromatic carbocycles. The number of amides is 1. The minimum Gasteiger partial charge on any atom is -0.469 e. The molecule has 0 bridgehead atoms. The maximum absolute atomic E-state index is 12.5. The number of ether oxygens (including phenoxy) is 3. The molecule has 24 heavy (non-hydrogen) atoms. The molecule has 0 spiro atoms. The topological polar surface area (TPSA) is 90.9 Å². The summed E-state index contributed by atoms with van der Waals surface area (Å²) in [6.45, 7) is 1.61. The van der Waals surface area contributed by atoms with Gasteiger partial charge in [0.25, 0.3) is 5.91 Å². The van der Waals surface area contributed by atoms with Crippen LogP contribution in [0.5, 0.6) is 0 Å². The van der Waals surface area contributed by atoms with Crippen molar-refractivity contribution in [3.8, 4) is 0 Å². The Morgan fingerprint density at radius 1 is 1.00 bits per heavy atom. The predicted octanol–water partition coefficient (Wildman–Crippen LogP) is 1.23. The molecule has 0 saturated carbocycles. The SMILES string of the molecule is COC(=O)[C@H](C[C@H](C)C(=O)OC)NC(=O)[C@H](OC)c1ccccc1. The average Bonchev–Trinajstić information content (AvgIpc) is 2.61. The lowest BCUT2D eigenvalue weighted by molar-refractivity contribution is -0.150. The van der Waals surface area contributed by atoms with Crippen LogP contribution < -0.4 is 5.32 Å². The van der Waals surface area contributed by atoms with Gasteiger partial charge in [-0.1, -0.05) is 37.3 Å². The van der Waals surface area contributed by atoms with Crippen LogP contribution in [0.15, 0.2) is 30.3 Å². The maximum atomic E-state index is 12.5. The van der Waals surface area contributed by atoms with Gasteiger partial charge < -0.3 is 19.5 Å². The molecule has 132 valence electrons. The van der Waals surface area contributed by atoms with Crippen molar-refractivity contribution in [2.24, 2.45) is 5.92 Å². The summed E-state index contributed by atoms with van der Waals surface area (Å²) in [6.07, 6.45) is -0.803. The number of methoxy groups -OCH3 is 3. The number of hydrogen-bond acceptors (Lipinski definition) is 6. The molecule has 1 aromatic rings. The normalized spacial score (nSPS) is 14.2. The molecule has 0 heterocycles. The Balaban J connectivity index is 2.86. The Morgan fingerprint density at radius 3 is 2.08 bits per heavy atom. The van der Waals surface area contributed by atoms with Crippen LogP contribution >= 0.6 is 0 Å². The van der Waals surface area contributed by atoms with Gasteiger partial charge in [-0.3, -0.25) is 9.59 Å². The van der Waals surface area contributed by atoms with Gasteiger partial charge in [0.2, 0.25) is 0 Å². The van der Waals surface area contributed by atoms with Crippen LogP contribution in [-0.2, 0) is 28.6 Å². The van der Waals surface area contributed by atoms with E-state index in [0.717, 1.165) is 0 Å². The lowest BCUT2D eigenvalue weighted by Gasteiger charge is -2.22. The molecule has 7 nitrogen and oxygen atoms in total. The van der Waals surface area contributed by atoms with Gasteiger partial charge in [0.1, 0.15) is 6.04 Å². The minimum absolute atomic E-state index is 0.0658. The highest BCUT2D eigenvalue weighted by atomic mass is 16.5. The smallest absolute Gasteiger partial charge is 0.328 e. The summed E-state index contributed by atoms with van der Waals surface area (Å²) in [5.41, 5.74) is 0.655. The van der Waals surface area contributed by atoms with E-state index < -0.39 is 35.9 Å². The molecule has 0 radical (unpaired) electrons. The molecule has 0 aromatic heterocycles. The van der Waals surface area contributed by atoms with Crippen LogP contribution in [0.4, 0.5) is 0 Å². The predicted molar refractivity (Wildman–Crippen MR) is 85.9 cm³/mol. The Kier molecular flexibility index (Phi) is 7.91. The van der Waals surface area contributed by atoms with Crippen LogP contribution in [0.3, 0.4) is 0 Å². The maximum Gasteiger partial charge on any atom is 0.328 e. The first-order valence-electron chi connectivity index (χ1n) is 7.48. The summed E-state index contributed by atoms with van der Waals surface area (Å²) in [5, 5.41) is 2.58. The van der Waals surface area contributed by atoms with Crippen molar-refractivity contribution in [1.29, 1.82) is 0 Å². The van der Waals surface area contributed by atoms with Gasteiger partial charge in [-0.2, -0.15) is 0 Å². The number of esters is 2. The van der Waals surface area contributed by atoms with E-state index in [2.05, 4.69) is 10.1 Å². The quantitative estimate of drug-likeness (QED) is 0.718. The van der Waals surface area contributed by atoms with Crippen molar-refractivity contribution in [3.63, 3.8) is 0 Å². The molecule has 0 aliphatic heterocycles. The molecular formula is C17H23NO6. The van der Waals surface area contributed by atoms with Crippen molar-refractivity contribution in [3.05, 3.63) is 35.9 Å². The fourth-order valence-electron chi connectivity index (χ4n) is 2.28. The molecule has 3 atom stereocenters. The number of rotatable bonds is 8. The number of benzene rings is 1. The first-order valence-corrected chi connectivity index (χ1v) is 7.48. The zero-order valence-electron chi connectivity index (χ0n) is 14.3. The summed E-state index contributed by atoms with van der Waals surface area (Å²) in [4.78, 5) is 35.9. The molecule has 0 unspecified atom stereocenters. The summed E-state index contributed by atoms with van der Waals surface area (Å²) in [6, 6.07) is 7.91. The average molecular weight is 337 g/mol. The van der Waals surface area contributed by atoms with E-state index in [1.165, 1.54) is 21.3 Å². The van der Waals surface area contributed by atoms with Gasteiger partial charge in [-0.25, -0.2) is 4.79 Å². The number of carbonyl (C=O) groups is 3. The summed E-state index contributed by atoms with van der Waals surface area (Å²) < 4.78 is 14.6. The Hall–Kier alpha value is -2.41. The third-order valence-electron chi connectivity index (χ3n) is 3.57. The first-order chi connectivity index (χ1) is 11.4. The van der Waals surface area contributed by atoms with Crippen molar-refractivity contribution in [1.82, 2.24) is 5.32 Å². The molecule has 7 heteroatoms. The van der Waals surface area contributed by atoms with E-state index in [9.17, 15) is 14.4 Å². The van der Waals surface area contributed by atoms with E-state index in [-0.39, 0.29) is 6.42 Å². The molecule has 0 fully saturated rings. The van der Waals surface area contributed by atoms with E-state index in [1.54, 1.807) is 31.2 Å². The Labute approximate surface area is 141 Å². The zero-order chi connectivity index (χ0) is 18.1. The zero-order valence-corrected chi connectivity index (χ0v) is 14.3. The Bertz CT molecular complexity index is 559. The van der Waals surface area contributed by atoms with E-state index in [4.69, 9.17) is 9.47 Å². The van der Waals surface area contributed by atoms with Crippen molar-refractivity contribution < 1.29 is 28.6 Å². The minimum atomic E-state index is -0.974. The van der Waals surface area contributed by atoms with Gasteiger partial charge >= 0.3 is 11.9 Å². The second-order valence-corrected chi connectivity index (χ2v) is 5.27. The van der Waals surface area contributed by atoms with Crippen molar-refractivity contribution >= 4 is 17.8 Å². The lowest BCUT2D eigenvalue weighted by Crippen LogP contribution is -2.45. The van der Waals surface area contributed by atoms with E-state index in [0.29, 0.717) is 5.56 Å². The molecule has 1 N–H and O–H groups in total. The van der Waals surface area contributed by atoms with Crippen molar-refractivity contribution in [2.45, 2.75) is 25.5 Å². The summed E-state index contributed by atoms with van der Waals surface area (Å²) in [5.74, 6) is -2.17. The van der Waals surface area contributed by atoms with Gasteiger partial charge in [-0.15, -0.1) is 0 Å². The molecular weight excluding hydrogens is 314 g/mol. The Morgan fingerprint density at radius 2 is 1.58 bits per heavy atom. The van der Waals surface area contributed by atoms with Crippen LogP contribution in [0, 0.1) is 5.92 Å². The second kappa shape index (κ2) is 9.67. The third kappa shape index (κ3) is 5.34. The number of carbonyl (C=O) groups excluding carboxylic acids is 3. The molecule has 1 rings (SSSR count). The van der Waals surface area contributed by atoms with Crippen LogP contribution in [-0.4, -0.2) is 45.2 Å². The van der Waals surface area contributed by atoms with Gasteiger partial charge in [0, 0.05) is 7.11 Å². The van der Waals surface area contributed by atoms with Crippen LogP contribution in [0.1, 0.15) is 25.0 Å². The fraction of sp³-hybridized carbons (Fsp3) is 0.471. The lowest BCUT2D eigenvalue weighted by atomic mass is 10.0. The molecule has 0 aliphatic rings. The van der Waals surface area contributed by atoms with E-state index in [1.807, 2.05) is 6.07 Å². The fourth-order valence-corrected chi connectivity index (χ4v) is 2.28. The van der Waals surface area contributed by atoms with Gasteiger partial charge in [-0.05, 0) is 12.0 Å². The highest BCUT2D eigenvalue weighted by molar-refractivity contribution is 5.88. The van der Waals surface area contributed by atoms with Gasteiger partial charge in [0.05, 0.1) is 20.1 Å². The number of nitrogens with one attached hydrogen (secondary N) is 1. The highest BCUT2D eigenvalue weighted by Crippen LogP contribution is 2.17. The third-order valence-corrected chi connectivity index (χ3v) is 3.57. The summed E-state index contributed by atoms with van der Waals surface area (Å²) in [7, 11) is 3.89. The molecule has 1 amide bonds. The highest BCUT2D eigenvalue weighted by Gasteiger charge is 2.30.